The summed E-state index contributed by atoms with van der Waals surface area (Å²) in [7, 11) is 0.692. The van der Waals surface area contributed by atoms with Gasteiger partial charge in [-0.3, -0.25) is 4.57 Å². The largest absolute Gasteiger partial charge is 0.378 e. The van der Waals surface area contributed by atoms with Crippen molar-refractivity contribution >= 4 is 24.0 Å². The second-order valence-corrected chi connectivity index (χ2v) is 11.1. The summed E-state index contributed by atoms with van der Waals surface area (Å²) in [4.78, 5) is 2.03. The Morgan fingerprint density at radius 1 is 0.875 bits per heavy atom. The van der Waals surface area contributed by atoms with Crippen molar-refractivity contribution in [2.24, 2.45) is 0 Å². The first-order chi connectivity index (χ1) is 15.3. The molecular weight excluding hydrogens is 415 g/mol. The van der Waals surface area contributed by atoms with Crippen molar-refractivity contribution in [3.05, 3.63) is 90.0 Å². The van der Waals surface area contributed by atoms with Crippen LogP contribution in [0.25, 0.3) is 0 Å². The van der Waals surface area contributed by atoms with E-state index in [9.17, 15) is 4.57 Å². The smallest absolute Gasteiger partial charge is 0.258 e. The van der Waals surface area contributed by atoms with Crippen LogP contribution in [0.4, 0.5) is 11.4 Å². The average molecular weight is 451 g/mol. The molecule has 0 aliphatic carbocycles. The van der Waals surface area contributed by atoms with Crippen LogP contribution < -0.4 is 15.5 Å². The molecule has 3 rings (SSSR count). The number of para-hydroxylation sites is 1. The van der Waals surface area contributed by atoms with Crippen molar-refractivity contribution < 1.29 is 9.09 Å². The maximum absolute atomic E-state index is 14.7. The Labute approximate surface area is 193 Å². The molecule has 3 aromatic carbocycles. The second kappa shape index (κ2) is 10.8. The fraction of sp³-hybridized carbons (Fsp3) is 0.333. The van der Waals surface area contributed by atoms with Crippen LogP contribution in [0.2, 0.25) is 0 Å². The van der Waals surface area contributed by atoms with E-state index in [1.807, 2.05) is 80.5 Å². The van der Waals surface area contributed by atoms with Crippen LogP contribution in [0.1, 0.15) is 50.0 Å². The number of nitrogens with zero attached hydrogens (tertiary/aromatic N) is 1. The fourth-order valence-corrected chi connectivity index (χ4v) is 6.10. The molecule has 0 aromatic heterocycles. The fourth-order valence-electron chi connectivity index (χ4n) is 3.60. The van der Waals surface area contributed by atoms with Crippen molar-refractivity contribution in [1.29, 1.82) is 0 Å². The first kappa shape index (κ1) is 24.1. The monoisotopic (exact) mass is 450 g/mol. The van der Waals surface area contributed by atoms with E-state index >= 15 is 0 Å². The molecule has 4 nitrogen and oxygen atoms in total. The van der Waals surface area contributed by atoms with Crippen LogP contribution in [0.15, 0.2) is 78.9 Å². The van der Waals surface area contributed by atoms with Gasteiger partial charge in [0.2, 0.25) is 0 Å². The topological polar surface area (TPSA) is 41.6 Å². The van der Waals surface area contributed by atoms with Crippen molar-refractivity contribution in [1.82, 2.24) is 0 Å². The number of anilines is 2. The van der Waals surface area contributed by atoms with Gasteiger partial charge in [0.15, 0.2) is 0 Å². The van der Waals surface area contributed by atoms with Gasteiger partial charge in [0.25, 0.3) is 7.37 Å². The highest BCUT2D eigenvalue weighted by Gasteiger charge is 2.38. The molecule has 0 amide bonds. The lowest BCUT2D eigenvalue weighted by molar-refractivity contribution is 0.315. The zero-order valence-electron chi connectivity index (χ0n) is 19.8. The van der Waals surface area contributed by atoms with Gasteiger partial charge in [-0.15, -0.1) is 0 Å². The molecule has 0 aliphatic rings. The summed E-state index contributed by atoms with van der Waals surface area (Å²) in [6, 6.07) is 26.2. The Morgan fingerprint density at radius 2 is 1.47 bits per heavy atom. The number of hydrogen-bond acceptors (Lipinski definition) is 4. The van der Waals surface area contributed by atoms with E-state index in [-0.39, 0.29) is 0 Å². The van der Waals surface area contributed by atoms with Gasteiger partial charge < -0.3 is 14.7 Å². The first-order valence-electron chi connectivity index (χ1n) is 11.3. The average Bonchev–Trinajstić information content (AvgIpc) is 2.82. The molecule has 0 heterocycles. The minimum atomic E-state index is -3.30. The number of benzene rings is 3. The Morgan fingerprint density at radius 3 is 2.00 bits per heavy atom. The lowest BCUT2D eigenvalue weighted by Gasteiger charge is -2.30. The lowest BCUT2D eigenvalue weighted by atomic mass is 10.0. The molecule has 170 valence electrons. The van der Waals surface area contributed by atoms with E-state index in [4.69, 9.17) is 4.52 Å². The summed E-state index contributed by atoms with van der Waals surface area (Å²) in [6.07, 6.45) is 0.796. The summed E-state index contributed by atoms with van der Waals surface area (Å²) in [5, 5.41) is 4.25. The van der Waals surface area contributed by atoms with E-state index in [2.05, 4.69) is 43.4 Å². The van der Waals surface area contributed by atoms with Crippen molar-refractivity contribution in [2.45, 2.75) is 38.9 Å². The molecule has 0 bridgehead atoms. The Hall–Kier alpha value is -2.55. The number of nitrogens with one attached hydrogen (secondary N) is 1. The highest BCUT2D eigenvalue weighted by Crippen LogP contribution is 2.59. The summed E-state index contributed by atoms with van der Waals surface area (Å²) in [6.45, 7) is 6.83. The van der Waals surface area contributed by atoms with E-state index in [1.165, 1.54) is 5.56 Å². The zero-order valence-corrected chi connectivity index (χ0v) is 20.7. The third-order valence-corrected chi connectivity index (χ3v) is 8.24. The van der Waals surface area contributed by atoms with E-state index in [0.29, 0.717) is 12.5 Å². The number of hydrogen-bond donors (Lipinski definition) is 1. The van der Waals surface area contributed by atoms with Crippen LogP contribution in [-0.4, -0.2) is 20.7 Å². The summed E-state index contributed by atoms with van der Waals surface area (Å²) < 4.78 is 20.9. The van der Waals surface area contributed by atoms with Crippen LogP contribution >= 0.6 is 7.37 Å². The minimum Gasteiger partial charge on any atom is -0.378 e. The molecule has 0 aliphatic heterocycles. The van der Waals surface area contributed by atoms with Crippen molar-refractivity contribution in [2.75, 3.05) is 30.9 Å². The van der Waals surface area contributed by atoms with Crippen LogP contribution in [0.5, 0.6) is 0 Å². The van der Waals surface area contributed by atoms with Gasteiger partial charge >= 0.3 is 0 Å². The van der Waals surface area contributed by atoms with Crippen LogP contribution in [0, 0.1) is 0 Å². The summed E-state index contributed by atoms with van der Waals surface area (Å²) in [5.41, 5.74) is 4.18. The first-order valence-corrected chi connectivity index (χ1v) is 13.0. The Bertz CT molecular complexity index is 1020. The van der Waals surface area contributed by atoms with Gasteiger partial charge in [-0.05, 0) is 59.9 Å². The SMILES string of the molecule is CCCOP(=O)(c1ccc(N(C)C)cc1)C(Nc1ccccc1)c1ccc(C(C)C)cc1. The highest BCUT2D eigenvalue weighted by molar-refractivity contribution is 7.67. The van der Waals surface area contributed by atoms with Gasteiger partial charge in [0.05, 0.1) is 6.61 Å². The standard InChI is InChI=1S/C27H35N2O2P/c1-6-20-31-32(30,26-18-16-25(17-19-26)29(4)5)27(28-24-10-8-7-9-11-24)23-14-12-22(13-15-23)21(2)3/h7-19,21,27-28H,6,20H2,1-5H3. The van der Waals surface area contributed by atoms with Gasteiger partial charge in [0.1, 0.15) is 5.78 Å². The van der Waals surface area contributed by atoms with E-state index in [0.717, 1.165) is 28.7 Å². The third kappa shape index (κ3) is 5.62. The van der Waals surface area contributed by atoms with Gasteiger partial charge in [0, 0.05) is 30.8 Å². The van der Waals surface area contributed by atoms with Crippen molar-refractivity contribution in [3.63, 3.8) is 0 Å². The quantitative estimate of drug-likeness (QED) is 0.337. The molecule has 0 saturated carbocycles. The summed E-state index contributed by atoms with van der Waals surface area (Å²) in [5.74, 6) is -0.0609. The van der Waals surface area contributed by atoms with Crippen LogP contribution in [0.3, 0.4) is 0 Å². The highest BCUT2D eigenvalue weighted by atomic mass is 31.2. The lowest BCUT2D eigenvalue weighted by Crippen LogP contribution is -2.21. The third-order valence-electron chi connectivity index (χ3n) is 5.55. The minimum absolute atomic E-state index is 0.434. The molecule has 0 saturated heterocycles. The molecule has 2 unspecified atom stereocenters. The molecule has 32 heavy (non-hydrogen) atoms. The molecule has 0 spiro atoms. The van der Waals surface area contributed by atoms with Gasteiger partial charge in [-0.25, -0.2) is 0 Å². The maximum Gasteiger partial charge on any atom is 0.258 e. The summed E-state index contributed by atoms with van der Waals surface area (Å²) >= 11 is 0. The molecule has 2 atom stereocenters. The van der Waals surface area contributed by atoms with E-state index < -0.39 is 13.2 Å². The van der Waals surface area contributed by atoms with Gasteiger partial charge in [-0.2, -0.15) is 0 Å². The van der Waals surface area contributed by atoms with Crippen LogP contribution in [-0.2, 0) is 9.09 Å². The predicted molar refractivity (Wildman–Crippen MR) is 138 cm³/mol. The van der Waals surface area contributed by atoms with E-state index in [1.54, 1.807) is 0 Å². The second-order valence-electron chi connectivity index (χ2n) is 8.58. The molecule has 3 aromatic rings. The Balaban J connectivity index is 2.10. The number of rotatable bonds is 10. The molecule has 0 fully saturated rings. The zero-order chi connectivity index (χ0) is 23.1. The van der Waals surface area contributed by atoms with Gasteiger partial charge in [-0.1, -0.05) is 63.2 Å². The molecule has 0 radical (unpaired) electrons. The van der Waals surface area contributed by atoms with Crippen molar-refractivity contribution in [3.8, 4) is 0 Å². The normalized spacial score (nSPS) is 14.1. The maximum atomic E-state index is 14.7. The Kier molecular flexibility index (Phi) is 8.17. The predicted octanol–water partition coefficient (Wildman–Crippen LogP) is 7.02. The molecule has 5 heteroatoms. The molecule has 1 N–H and O–H groups in total. The molecular formula is C27H35N2O2P.